The summed E-state index contributed by atoms with van der Waals surface area (Å²) in [5.41, 5.74) is -0.161. The molecule has 4 unspecified atom stereocenters. The van der Waals surface area contributed by atoms with Gasteiger partial charge in [0.15, 0.2) is 0 Å². The number of piperidine rings is 1. The molecule has 1 aliphatic carbocycles. The third kappa shape index (κ3) is 4.35. The lowest BCUT2D eigenvalue weighted by molar-refractivity contribution is 0.119. The SMILES string of the molecule is CC1CCCN(C(C)CNC(=O)NC2CCCC2(C)CO)C1. The van der Waals surface area contributed by atoms with Crippen LogP contribution in [-0.4, -0.2) is 54.4 Å². The van der Waals surface area contributed by atoms with Gasteiger partial charge in [-0.25, -0.2) is 4.79 Å². The fourth-order valence-corrected chi connectivity index (χ4v) is 3.87. The highest BCUT2D eigenvalue weighted by molar-refractivity contribution is 5.74. The molecule has 2 amide bonds. The predicted molar refractivity (Wildman–Crippen MR) is 88.8 cm³/mol. The Balaban J connectivity index is 1.73. The van der Waals surface area contributed by atoms with Crippen LogP contribution in [0.1, 0.15) is 52.9 Å². The van der Waals surface area contributed by atoms with E-state index in [0.29, 0.717) is 12.6 Å². The summed E-state index contributed by atoms with van der Waals surface area (Å²) in [4.78, 5) is 14.6. The van der Waals surface area contributed by atoms with Gasteiger partial charge in [0.1, 0.15) is 0 Å². The minimum Gasteiger partial charge on any atom is -0.396 e. The average molecular weight is 311 g/mol. The van der Waals surface area contributed by atoms with Gasteiger partial charge in [0.05, 0.1) is 6.61 Å². The Hall–Kier alpha value is -0.810. The van der Waals surface area contributed by atoms with E-state index in [1.807, 2.05) is 0 Å². The number of aliphatic hydroxyl groups is 1. The van der Waals surface area contributed by atoms with Gasteiger partial charge in [-0.15, -0.1) is 0 Å². The second-order valence-electron chi connectivity index (χ2n) is 7.70. The summed E-state index contributed by atoms with van der Waals surface area (Å²) in [7, 11) is 0. The van der Waals surface area contributed by atoms with E-state index in [9.17, 15) is 9.90 Å². The number of carbonyl (C=O) groups is 1. The first-order valence-corrected chi connectivity index (χ1v) is 8.84. The van der Waals surface area contributed by atoms with Gasteiger partial charge >= 0.3 is 6.03 Å². The third-order valence-corrected chi connectivity index (χ3v) is 5.62. The second-order valence-corrected chi connectivity index (χ2v) is 7.70. The van der Waals surface area contributed by atoms with E-state index in [0.717, 1.165) is 38.3 Å². The van der Waals surface area contributed by atoms with Gasteiger partial charge in [0.25, 0.3) is 0 Å². The van der Waals surface area contributed by atoms with Crippen molar-refractivity contribution < 1.29 is 9.90 Å². The first kappa shape index (κ1) is 17.5. The first-order valence-electron chi connectivity index (χ1n) is 8.84. The number of carbonyl (C=O) groups excluding carboxylic acids is 1. The molecule has 0 radical (unpaired) electrons. The van der Waals surface area contributed by atoms with Crippen LogP contribution in [0, 0.1) is 11.3 Å². The van der Waals surface area contributed by atoms with Crippen molar-refractivity contribution >= 4 is 6.03 Å². The molecule has 0 bridgehead atoms. The maximum absolute atomic E-state index is 12.1. The van der Waals surface area contributed by atoms with Crippen molar-refractivity contribution in [1.82, 2.24) is 15.5 Å². The molecular formula is C17H33N3O2. The minimum atomic E-state index is -0.161. The van der Waals surface area contributed by atoms with Crippen molar-refractivity contribution in [3.63, 3.8) is 0 Å². The van der Waals surface area contributed by atoms with Gasteiger partial charge in [-0.05, 0) is 45.1 Å². The van der Waals surface area contributed by atoms with E-state index >= 15 is 0 Å². The van der Waals surface area contributed by atoms with Gasteiger partial charge in [-0.2, -0.15) is 0 Å². The summed E-state index contributed by atoms with van der Waals surface area (Å²) < 4.78 is 0. The van der Waals surface area contributed by atoms with E-state index in [-0.39, 0.29) is 24.1 Å². The Morgan fingerprint density at radius 1 is 1.41 bits per heavy atom. The largest absolute Gasteiger partial charge is 0.396 e. The monoisotopic (exact) mass is 311 g/mol. The summed E-state index contributed by atoms with van der Waals surface area (Å²) >= 11 is 0. The number of nitrogens with one attached hydrogen (secondary N) is 2. The molecule has 1 aliphatic heterocycles. The van der Waals surface area contributed by atoms with Crippen LogP contribution in [-0.2, 0) is 0 Å². The second kappa shape index (κ2) is 7.64. The van der Waals surface area contributed by atoms with Crippen LogP contribution < -0.4 is 10.6 Å². The Kier molecular flexibility index (Phi) is 6.09. The van der Waals surface area contributed by atoms with E-state index in [1.54, 1.807) is 0 Å². The molecule has 0 aromatic heterocycles. The van der Waals surface area contributed by atoms with Gasteiger partial charge in [-0.1, -0.05) is 20.3 Å². The number of hydrogen-bond acceptors (Lipinski definition) is 3. The molecule has 3 N–H and O–H groups in total. The van der Waals surface area contributed by atoms with Crippen LogP contribution >= 0.6 is 0 Å². The molecule has 5 nitrogen and oxygen atoms in total. The number of nitrogens with zero attached hydrogens (tertiary/aromatic N) is 1. The first-order chi connectivity index (χ1) is 10.4. The Morgan fingerprint density at radius 3 is 2.86 bits per heavy atom. The summed E-state index contributed by atoms with van der Waals surface area (Å²) in [6.45, 7) is 9.64. The molecule has 2 aliphatic rings. The maximum atomic E-state index is 12.1. The van der Waals surface area contributed by atoms with Crippen LogP contribution in [0.3, 0.4) is 0 Å². The zero-order valence-electron chi connectivity index (χ0n) is 14.4. The molecule has 0 spiro atoms. The highest BCUT2D eigenvalue weighted by atomic mass is 16.3. The van der Waals surface area contributed by atoms with E-state index < -0.39 is 0 Å². The zero-order chi connectivity index (χ0) is 16.2. The highest BCUT2D eigenvalue weighted by Gasteiger charge is 2.39. The lowest BCUT2D eigenvalue weighted by Crippen LogP contribution is -2.52. The molecule has 0 aromatic carbocycles. The molecule has 0 aromatic rings. The summed E-state index contributed by atoms with van der Waals surface area (Å²) in [5, 5.41) is 15.6. The summed E-state index contributed by atoms with van der Waals surface area (Å²) in [6.07, 6.45) is 5.59. The Bertz CT molecular complexity index is 377. The number of rotatable bonds is 5. The third-order valence-electron chi connectivity index (χ3n) is 5.62. The summed E-state index contributed by atoms with van der Waals surface area (Å²) in [6, 6.07) is 0.368. The van der Waals surface area contributed by atoms with Crippen molar-refractivity contribution in [2.75, 3.05) is 26.2 Å². The van der Waals surface area contributed by atoms with Gasteiger partial charge < -0.3 is 15.7 Å². The maximum Gasteiger partial charge on any atom is 0.315 e. The molecule has 1 saturated heterocycles. The molecule has 1 saturated carbocycles. The molecule has 2 rings (SSSR count). The average Bonchev–Trinajstić information content (AvgIpc) is 2.86. The lowest BCUT2D eigenvalue weighted by atomic mass is 9.86. The highest BCUT2D eigenvalue weighted by Crippen LogP contribution is 2.37. The van der Waals surface area contributed by atoms with E-state index in [1.165, 1.54) is 12.8 Å². The standard InChI is InChI=1S/C17H33N3O2/c1-13-6-5-9-20(11-13)14(2)10-18-16(22)19-15-7-4-8-17(15,3)12-21/h13-15,21H,4-12H2,1-3H3,(H2,18,19,22). The molecule has 4 atom stereocenters. The number of aliphatic hydroxyl groups excluding tert-OH is 1. The van der Waals surface area contributed by atoms with E-state index in [4.69, 9.17) is 0 Å². The van der Waals surface area contributed by atoms with Gasteiger partial charge in [-0.3, -0.25) is 4.90 Å². The van der Waals surface area contributed by atoms with Gasteiger partial charge in [0, 0.05) is 30.6 Å². The lowest BCUT2D eigenvalue weighted by Gasteiger charge is -2.36. The molecule has 1 heterocycles. The number of hydrogen-bond donors (Lipinski definition) is 3. The van der Waals surface area contributed by atoms with Crippen molar-refractivity contribution in [2.24, 2.45) is 11.3 Å². The Morgan fingerprint density at radius 2 is 2.18 bits per heavy atom. The van der Waals surface area contributed by atoms with Crippen LogP contribution in [0.2, 0.25) is 0 Å². The zero-order valence-corrected chi connectivity index (χ0v) is 14.4. The molecule has 2 fully saturated rings. The van der Waals surface area contributed by atoms with Crippen LogP contribution in [0.25, 0.3) is 0 Å². The molecule has 5 heteroatoms. The van der Waals surface area contributed by atoms with Gasteiger partial charge in [0.2, 0.25) is 0 Å². The predicted octanol–water partition coefficient (Wildman–Crippen LogP) is 1.96. The number of amides is 2. The molecular weight excluding hydrogens is 278 g/mol. The normalized spacial score (nSPS) is 34.4. The number of urea groups is 1. The van der Waals surface area contributed by atoms with Crippen LogP contribution in [0.4, 0.5) is 4.79 Å². The molecule has 22 heavy (non-hydrogen) atoms. The minimum absolute atomic E-state index is 0.0859. The van der Waals surface area contributed by atoms with Crippen molar-refractivity contribution in [3.8, 4) is 0 Å². The fraction of sp³-hybridized carbons (Fsp3) is 0.941. The van der Waals surface area contributed by atoms with Crippen LogP contribution in [0.15, 0.2) is 0 Å². The van der Waals surface area contributed by atoms with E-state index in [2.05, 4.69) is 36.3 Å². The van der Waals surface area contributed by atoms with Crippen molar-refractivity contribution in [2.45, 2.75) is 65.0 Å². The van der Waals surface area contributed by atoms with Crippen molar-refractivity contribution in [3.05, 3.63) is 0 Å². The Labute approximate surface area is 134 Å². The smallest absolute Gasteiger partial charge is 0.315 e. The topological polar surface area (TPSA) is 64.6 Å². The van der Waals surface area contributed by atoms with Crippen LogP contribution in [0.5, 0.6) is 0 Å². The molecule has 128 valence electrons. The van der Waals surface area contributed by atoms with Crippen molar-refractivity contribution in [1.29, 1.82) is 0 Å². The fourth-order valence-electron chi connectivity index (χ4n) is 3.87. The number of likely N-dealkylation sites (tertiary alicyclic amines) is 1. The quantitative estimate of drug-likeness (QED) is 0.727. The summed E-state index contributed by atoms with van der Waals surface area (Å²) in [5.74, 6) is 0.758.